The molecule has 5 saturated heterocycles. The predicted molar refractivity (Wildman–Crippen MR) is 359 cm³/mol. The number of hydrogen-bond donors (Lipinski definition) is 3. The number of benzene rings is 4. The van der Waals surface area contributed by atoms with Crippen LogP contribution in [0.5, 0.6) is 11.5 Å². The van der Waals surface area contributed by atoms with Crippen molar-refractivity contribution in [1.82, 2.24) is 60.0 Å². The highest BCUT2D eigenvalue weighted by molar-refractivity contribution is 5.97. The highest BCUT2D eigenvalue weighted by atomic mass is 19.1. The molecule has 1 unspecified atom stereocenters. The molecule has 5 aromatic rings. The standard InChI is InChI=1S/C58H71FN10O8.C11H24N2.C2H6/c1-3-77-52-33-46(76-2)15-14-44(52)34-60-35-53(70)69-19-7-10-45(38-69)42-8-6-9-43(32-42)56(73)61-36-54(71)66-24-22-65(23-25-66)37-40-17-20-64(21-18-40)39-55(72)67-26-28-68(29-27-67)58(75)49-30-41(13-16-50(49)59)31-51-47-11-4-5-12-48(47)57(74)63-62-51;1-4-12(3)10-11-6-8-13(5-2)9-7-11;1-2/h4-6,8-9,11-16,30,32-33,40,45,60H,3,7,10,17-29,31,34-39H2,1-2H3,(H,61,73)(H,63,74);11H,4-10H2,1-3H3;1-2H3. The number of ether oxygens (including phenoxy) is 2. The average Bonchev–Trinajstić information content (AvgIpc) is 1.11. The number of piperazine rings is 2. The van der Waals surface area contributed by atoms with E-state index >= 15 is 4.39 Å². The van der Waals surface area contributed by atoms with Gasteiger partial charge in [0.25, 0.3) is 17.4 Å². The summed E-state index contributed by atoms with van der Waals surface area (Å²) in [5.74, 6) is 1.58. The van der Waals surface area contributed by atoms with Crippen molar-refractivity contribution in [2.75, 3.05) is 158 Å². The summed E-state index contributed by atoms with van der Waals surface area (Å²) in [4.78, 5) is 95.9. The minimum atomic E-state index is -0.612. The normalized spacial score (nSPS) is 18.0. The van der Waals surface area contributed by atoms with Gasteiger partial charge < -0.3 is 49.5 Å². The maximum Gasteiger partial charge on any atom is 0.272 e. The Morgan fingerprint density at radius 2 is 1.36 bits per heavy atom. The Morgan fingerprint density at radius 1 is 0.685 bits per heavy atom. The summed E-state index contributed by atoms with van der Waals surface area (Å²) < 4.78 is 26.2. The Labute approximate surface area is 544 Å². The van der Waals surface area contributed by atoms with Gasteiger partial charge in [-0.1, -0.05) is 70.2 Å². The third-order valence-corrected chi connectivity index (χ3v) is 18.9. The summed E-state index contributed by atoms with van der Waals surface area (Å²) in [5, 5.41) is 14.1. The number of carbonyl (C=O) groups excluding carboxylic acids is 5. The zero-order valence-electron chi connectivity index (χ0n) is 55.7. The van der Waals surface area contributed by atoms with Crippen LogP contribution in [-0.2, 0) is 27.3 Å². The minimum Gasteiger partial charge on any atom is -0.497 e. The molecular formula is C71H101FN12O8. The highest BCUT2D eigenvalue weighted by Crippen LogP contribution is 2.29. The van der Waals surface area contributed by atoms with E-state index in [-0.39, 0.29) is 53.8 Å². The van der Waals surface area contributed by atoms with E-state index < -0.39 is 11.7 Å². The number of piperidine rings is 3. The van der Waals surface area contributed by atoms with E-state index in [1.807, 2.05) is 79.1 Å². The number of fused-ring (bicyclic) bond motifs is 1. The smallest absolute Gasteiger partial charge is 0.272 e. The number of amides is 5. The number of aromatic amines is 1. The predicted octanol–water partition coefficient (Wildman–Crippen LogP) is 6.82. The largest absolute Gasteiger partial charge is 0.497 e. The molecule has 1 aromatic heterocycles. The quantitative estimate of drug-likeness (QED) is 0.0652. The van der Waals surface area contributed by atoms with Crippen LogP contribution in [0.2, 0.25) is 0 Å². The molecule has 10 rings (SSSR count). The molecule has 0 bridgehead atoms. The molecule has 3 N–H and O–H groups in total. The lowest BCUT2D eigenvalue weighted by Gasteiger charge is -2.39. The van der Waals surface area contributed by atoms with Crippen molar-refractivity contribution in [3.63, 3.8) is 0 Å². The van der Waals surface area contributed by atoms with Crippen molar-refractivity contribution in [1.29, 1.82) is 0 Å². The van der Waals surface area contributed by atoms with Crippen LogP contribution in [0.4, 0.5) is 4.39 Å². The summed E-state index contributed by atoms with van der Waals surface area (Å²) >= 11 is 0. The van der Waals surface area contributed by atoms with Crippen LogP contribution >= 0.6 is 0 Å². The van der Waals surface area contributed by atoms with Crippen LogP contribution in [0.25, 0.3) is 10.8 Å². The summed E-state index contributed by atoms with van der Waals surface area (Å²) in [6, 6.07) is 24.8. The van der Waals surface area contributed by atoms with Crippen molar-refractivity contribution in [3.05, 3.63) is 135 Å². The third-order valence-electron chi connectivity index (χ3n) is 18.9. The molecular weight excluding hydrogens is 1170 g/mol. The molecule has 0 spiro atoms. The number of nitrogens with one attached hydrogen (secondary N) is 3. The number of nitrogens with zero attached hydrogens (tertiary/aromatic N) is 9. The first-order valence-electron chi connectivity index (χ1n) is 33.8. The summed E-state index contributed by atoms with van der Waals surface area (Å²) in [5.41, 5.74) is 3.43. The summed E-state index contributed by atoms with van der Waals surface area (Å²) in [6.07, 6.45) is 6.82. The first-order chi connectivity index (χ1) is 44.7. The number of likely N-dealkylation sites (tertiary alicyclic amines) is 3. The lowest BCUT2D eigenvalue weighted by atomic mass is 9.89. The van der Waals surface area contributed by atoms with E-state index in [1.165, 1.54) is 51.6 Å². The number of carbonyl (C=O) groups is 5. The zero-order chi connectivity index (χ0) is 65.5. The number of methoxy groups -OCH3 is 1. The van der Waals surface area contributed by atoms with Crippen molar-refractivity contribution in [3.8, 4) is 11.5 Å². The first-order valence-corrected chi connectivity index (χ1v) is 33.8. The van der Waals surface area contributed by atoms with Crippen molar-refractivity contribution in [2.45, 2.75) is 92.0 Å². The van der Waals surface area contributed by atoms with Crippen LogP contribution in [0.15, 0.2) is 89.7 Å². The van der Waals surface area contributed by atoms with E-state index in [4.69, 9.17) is 9.47 Å². The molecule has 4 aromatic carbocycles. The van der Waals surface area contributed by atoms with Crippen LogP contribution in [0, 0.1) is 17.7 Å². The fourth-order valence-electron chi connectivity index (χ4n) is 13.2. The van der Waals surface area contributed by atoms with Gasteiger partial charge >= 0.3 is 0 Å². The molecule has 5 amide bonds. The Balaban J connectivity index is 0.000000643. The lowest BCUT2D eigenvalue weighted by molar-refractivity contribution is -0.134. The molecule has 20 nitrogen and oxygen atoms in total. The van der Waals surface area contributed by atoms with Crippen LogP contribution < -0.4 is 25.7 Å². The van der Waals surface area contributed by atoms with E-state index in [9.17, 15) is 28.8 Å². The zero-order valence-corrected chi connectivity index (χ0v) is 55.7. The lowest BCUT2D eigenvalue weighted by Crippen LogP contribution is -2.54. The van der Waals surface area contributed by atoms with Gasteiger partial charge in [0.15, 0.2) is 0 Å². The average molecular weight is 1270 g/mol. The molecule has 0 saturated carbocycles. The maximum absolute atomic E-state index is 15.1. The van der Waals surface area contributed by atoms with E-state index in [1.54, 1.807) is 47.2 Å². The second kappa shape index (κ2) is 35.7. The fraction of sp³-hybridized carbons (Fsp3) is 0.563. The Kier molecular flexibility index (Phi) is 27.4. The second-order valence-electron chi connectivity index (χ2n) is 24.8. The Morgan fingerprint density at radius 3 is 2.07 bits per heavy atom. The Hall–Kier alpha value is -7.30. The van der Waals surface area contributed by atoms with Crippen LogP contribution in [0.1, 0.15) is 122 Å². The number of H-pyrrole nitrogens is 1. The van der Waals surface area contributed by atoms with Crippen LogP contribution in [-0.4, -0.2) is 237 Å². The third kappa shape index (κ3) is 19.9. The number of aromatic nitrogens is 2. The van der Waals surface area contributed by atoms with E-state index in [2.05, 4.69) is 61.3 Å². The van der Waals surface area contributed by atoms with Gasteiger partial charge in [0, 0.05) is 120 Å². The van der Waals surface area contributed by atoms with Gasteiger partial charge in [-0.05, 0) is 151 Å². The maximum atomic E-state index is 15.1. The van der Waals surface area contributed by atoms with Crippen molar-refractivity contribution in [2.24, 2.45) is 11.8 Å². The van der Waals surface area contributed by atoms with Crippen LogP contribution in [0.3, 0.4) is 0 Å². The molecule has 0 aliphatic carbocycles. The van der Waals surface area contributed by atoms with Gasteiger partial charge in [-0.2, -0.15) is 5.10 Å². The number of halogens is 1. The van der Waals surface area contributed by atoms with Gasteiger partial charge in [-0.25, -0.2) is 9.49 Å². The summed E-state index contributed by atoms with van der Waals surface area (Å²) in [7, 11) is 3.84. The van der Waals surface area contributed by atoms with Gasteiger partial charge in [0.1, 0.15) is 17.3 Å². The molecule has 92 heavy (non-hydrogen) atoms. The minimum absolute atomic E-state index is 0.0258. The van der Waals surface area contributed by atoms with Gasteiger partial charge in [0.2, 0.25) is 17.7 Å². The van der Waals surface area contributed by atoms with Crippen molar-refractivity contribution >= 4 is 40.3 Å². The molecule has 0 radical (unpaired) electrons. The summed E-state index contributed by atoms with van der Waals surface area (Å²) in [6.45, 7) is 26.1. The number of hydrogen-bond acceptors (Lipinski definition) is 14. The molecule has 5 aliphatic heterocycles. The topological polar surface area (TPSA) is 200 Å². The van der Waals surface area contributed by atoms with Gasteiger partial charge in [0.05, 0.1) is 50.0 Å². The molecule has 5 fully saturated rings. The monoisotopic (exact) mass is 1270 g/mol. The molecule has 6 heterocycles. The van der Waals surface area contributed by atoms with Crippen molar-refractivity contribution < 1.29 is 37.8 Å². The SMILES string of the molecule is CC.CCN(C)CC1CCN(CC)CC1.CCOc1cc(OC)ccc1CNCC(=O)N1CCCC(c2cccc(C(=O)NCC(=O)N3CCN(CC4CCN(CC(=O)N5CCN(C(=O)c6cc(Cc7n[nH]c(=O)c8ccccc78)ccc6F)CC5)CC4)CC3)c2)C1. The van der Waals surface area contributed by atoms with E-state index in [0.717, 1.165) is 81.2 Å². The molecule has 500 valence electrons. The Bertz CT molecular complexity index is 3260. The molecule has 21 heteroatoms. The van der Waals surface area contributed by atoms with E-state index in [0.29, 0.717) is 118 Å². The fourth-order valence-corrected chi connectivity index (χ4v) is 13.2. The second-order valence-corrected chi connectivity index (χ2v) is 24.8. The highest BCUT2D eigenvalue weighted by Gasteiger charge is 2.31. The first kappa shape index (κ1) is 70.6. The van der Waals surface area contributed by atoms with Gasteiger partial charge in [-0.15, -0.1) is 0 Å². The number of rotatable bonds is 22. The van der Waals surface area contributed by atoms with Gasteiger partial charge in [-0.3, -0.25) is 38.6 Å². The molecule has 1 atom stereocenters. The molecule has 5 aliphatic rings.